The van der Waals surface area contributed by atoms with Crippen LogP contribution in [-0.4, -0.2) is 30.9 Å². The Morgan fingerprint density at radius 1 is 1.32 bits per heavy atom. The zero-order valence-electron chi connectivity index (χ0n) is 10.9. The molecule has 3 rings (SSSR count). The van der Waals surface area contributed by atoms with Gasteiger partial charge in [0.05, 0.1) is 11.2 Å². The van der Waals surface area contributed by atoms with E-state index in [0.717, 1.165) is 23.0 Å². The molecule has 0 bridgehead atoms. The van der Waals surface area contributed by atoms with Crippen molar-refractivity contribution < 1.29 is 9.47 Å². The predicted molar refractivity (Wildman–Crippen MR) is 74.4 cm³/mol. The molecule has 2 heterocycles. The maximum absolute atomic E-state index is 5.93. The summed E-state index contributed by atoms with van der Waals surface area (Å²) in [5.74, 6) is 1.41. The molecule has 1 aliphatic rings. The summed E-state index contributed by atoms with van der Waals surface area (Å²) in [5, 5.41) is 12.4. The van der Waals surface area contributed by atoms with Crippen LogP contribution in [-0.2, 0) is 0 Å². The topological polar surface area (TPSA) is 56.3 Å². The van der Waals surface area contributed by atoms with Gasteiger partial charge >= 0.3 is 0 Å². The highest BCUT2D eigenvalue weighted by Crippen LogP contribution is 2.37. The van der Waals surface area contributed by atoms with Crippen LogP contribution in [0.3, 0.4) is 0 Å². The molecule has 0 saturated carbocycles. The van der Waals surface area contributed by atoms with Crippen molar-refractivity contribution in [2.45, 2.75) is 26.3 Å². The zero-order valence-corrected chi connectivity index (χ0v) is 10.9. The molecule has 1 aromatic heterocycles. The van der Waals surface area contributed by atoms with Gasteiger partial charge in [0.1, 0.15) is 7.85 Å². The Morgan fingerprint density at radius 2 is 2.05 bits per heavy atom. The monoisotopic (exact) mass is 255 g/mol. The van der Waals surface area contributed by atoms with E-state index in [1.165, 1.54) is 0 Å². The van der Waals surface area contributed by atoms with Gasteiger partial charge < -0.3 is 14.8 Å². The summed E-state index contributed by atoms with van der Waals surface area (Å²) in [7, 11) is 5.93. The third kappa shape index (κ3) is 2.07. The summed E-state index contributed by atoms with van der Waals surface area (Å²) in [6.45, 7) is 4.45. The van der Waals surface area contributed by atoms with Crippen molar-refractivity contribution in [2.75, 3.05) is 12.1 Å². The third-order valence-electron chi connectivity index (χ3n) is 3.28. The predicted octanol–water partition coefficient (Wildman–Crippen LogP) is 1.36. The van der Waals surface area contributed by atoms with Crippen molar-refractivity contribution in [3.8, 4) is 11.5 Å². The average Bonchev–Trinajstić information content (AvgIpc) is 2.87. The minimum Gasteiger partial charge on any atom is -0.454 e. The second kappa shape index (κ2) is 4.61. The van der Waals surface area contributed by atoms with Crippen LogP contribution >= 0.6 is 0 Å². The molecule has 19 heavy (non-hydrogen) atoms. The van der Waals surface area contributed by atoms with Crippen molar-refractivity contribution >= 4 is 30.0 Å². The van der Waals surface area contributed by atoms with Crippen LogP contribution in [0.1, 0.15) is 20.3 Å². The highest BCUT2D eigenvalue weighted by atomic mass is 16.7. The Labute approximate surface area is 112 Å². The number of ether oxygens (including phenoxy) is 2. The van der Waals surface area contributed by atoms with Crippen LogP contribution in [0.15, 0.2) is 12.1 Å². The van der Waals surface area contributed by atoms with E-state index < -0.39 is 0 Å². The Kier molecular flexibility index (Phi) is 2.93. The van der Waals surface area contributed by atoms with Crippen LogP contribution in [0.25, 0.3) is 10.9 Å². The molecule has 2 aromatic rings. The van der Waals surface area contributed by atoms with Gasteiger partial charge in [-0.1, -0.05) is 6.92 Å². The van der Waals surface area contributed by atoms with Gasteiger partial charge in [-0.05, 0) is 19.4 Å². The highest BCUT2D eigenvalue weighted by molar-refractivity contribution is 6.35. The normalized spacial score (nSPS) is 14.6. The smallest absolute Gasteiger partial charge is 0.231 e. The number of hydrogen-bond acceptors (Lipinski definition) is 5. The van der Waals surface area contributed by atoms with E-state index in [-0.39, 0.29) is 6.79 Å². The maximum atomic E-state index is 5.93. The van der Waals surface area contributed by atoms with Crippen LogP contribution in [0, 0.1) is 0 Å². The molecule has 96 valence electrons. The number of benzene rings is 1. The van der Waals surface area contributed by atoms with Crippen molar-refractivity contribution in [2.24, 2.45) is 0 Å². The van der Waals surface area contributed by atoms with Crippen molar-refractivity contribution in [3.05, 3.63) is 12.1 Å². The second-order valence-electron chi connectivity index (χ2n) is 4.64. The lowest BCUT2D eigenvalue weighted by molar-refractivity contribution is 0.174. The Balaban J connectivity index is 2.16. The summed E-state index contributed by atoms with van der Waals surface area (Å²) >= 11 is 0. The standard InChI is InChI=1S/C13H14BN3O2/c1-3-7(2)15-12-8-4-10-11(19-6-18-10)5-9(8)16-17-13(12)14/h4-5,7H,3,6H2,1-2H3,(H,15,16). The molecule has 1 aromatic carbocycles. The van der Waals surface area contributed by atoms with E-state index >= 15 is 0 Å². The van der Waals surface area contributed by atoms with Gasteiger partial charge in [0, 0.05) is 23.1 Å². The average molecular weight is 255 g/mol. The number of nitrogens with one attached hydrogen (secondary N) is 1. The van der Waals surface area contributed by atoms with E-state index in [1.807, 2.05) is 12.1 Å². The molecule has 0 saturated heterocycles. The molecule has 6 heteroatoms. The zero-order chi connectivity index (χ0) is 13.4. The highest BCUT2D eigenvalue weighted by Gasteiger charge is 2.18. The van der Waals surface area contributed by atoms with E-state index in [9.17, 15) is 0 Å². The summed E-state index contributed by atoms with van der Waals surface area (Å²) < 4.78 is 10.7. The third-order valence-corrected chi connectivity index (χ3v) is 3.28. The number of nitrogens with zero attached hydrogens (tertiary/aromatic N) is 2. The Hall–Kier alpha value is -1.98. The molecular weight excluding hydrogens is 241 g/mol. The minimum atomic E-state index is 0.239. The summed E-state index contributed by atoms with van der Waals surface area (Å²) in [6.07, 6.45) is 0.994. The van der Waals surface area contributed by atoms with Crippen LogP contribution in [0.4, 0.5) is 5.69 Å². The fraction of sp³-hybridized carbons (Fsp3) is 0.385. The SMILES string of the molecule is [B]c1nnc2cc3c(cc2c1NC(C)CC)OCO3. The number of rotatable bonds is 3. The van der Waals surface area contributed by atoms with Crippen molar-refractivity contribution in [3.63, 3.8) is 0 Å². The molecule has 1 N–H and O–H groups in total. The van der Waals surface area contributed by atoms with E-state index in [1.54, 1.807) is 0 Å². The van der Waals surface area contributed by atoms with E-state index in [0.29, 0.717) is 23.1 Å². The number of aromatic nitrogens is 2. The summed E-state index contributed by atoms with van der Waals surface area (Å²) in [6, 6.07) is 4.03. The van der Waals surface area contributed by atoms with Gasteiger partial charge in [-0.15, -0.1) is 0 Å². The number of hydrogen-bond donors (Lipinski definition) is 1. The molecule has 0 aliphatic carbocycles. The fourth-order valence-corrected chi connectivity index (χ4v) is 2.01. The van der Waals surface area contributed by atoms with Gasteiger partial charge in [0.25, 0.3) is 0 Å². The van der Waals surface area contributed by atoms with Crippen molar-refractivity contribution in [1.29, 1.82) is 0 Å². The van der Waals surface area contributed by atoms with Crippen LogP contribution < -0.4 is 20.4 Å². The largest absolute Gasteiger partial charge is 0.454 e. The lowest BCUT2D eigenvalue weighted by atomic mass is 9.98. The van der Waals surface area contributed by atoms with E-state index in [4.69, 9.17) is 17.3 Å². The molecule has 1 atom stereocenters. The molecular formula is C13H14BN3O2. The van der Waals surface area contributed by atoms with Gasteiger partial charge in [0.2, 0.25) is 6.79 Å². The molecule has 1 aliphatic heterocycles. The quantitative estimate of drug-likeness (QED) is 0.839. The lowest BCUT2D eigenvalue weighted by Gasteiger charge is -2.17. The maximum Gasteiger partial charge on any atom is 0.231 e. The molecule has 0 spiro atoms. The first-order valence-corrected chi connectivity index (χ1v) is 6.31. The second-order valence-corrected chi connectivity index (χ2v) is 4.64. The lowest BCUT2D eigenvalue weighted by Crippen LogP contribution is -2.23. The summed E-state index contributed by atoms with van der Waals surface area (Å²) in [4.78, 5) is 0. The molecule has 0 fully saturated rings. The first-order valence-electron chi connectivity index (χ1n) is 6.31. The number of fused-ring (bicyclic) bond motifs is 2. The van der Waals surface area contributed by atoms with Crippen molar-refractivity contribution in [1.82, 2.24) is 10.2 Å². The van der Waals surface area contributed by atoms with Crippen LogP contribution in [0.2, 0.25) is 0 Å². The summed E-state index contributed by atoms with van der Waals surface area (Å²) in [5.41, 5.74) is 1.94. The number of anilines is 1. The fourth-order valence-electron chi connectivity index (χ4n) is 2.01. The molecule has 0 amide bonds. The van der Waals surface area contributed by atoms with E-state index in [2.05, 4.69) is 29.4 Å². The van der Waals surface area contributed by atoms with Gasteiger partial charge in [-0.3, -0.25) is 0 Å². The first-order chi connectivity index (χ1) is 9.19. The van der Waals surface area contributed by atoms with Gasteiger partial charge in [-0.25, -0.2) is 0 Å². The van der Waals surface area contributed by atoms with Crippen LogP contribution in [0.5, 0.6) is 11.5 Å². The molecule has 1 unspecified atom stereocenters. The molecule has 5 nitrogen and oxygen atoms in total. The Bertz CT molecular complexity index is 633. The molecule has 2 radical (unpaired) electrons. The Morgan fingerprint density at radius 3 is 2.79 bits per heavy atom. The minimum absolute atomic E-state index is 0.239. The van der Waals surface area contributed by atoms with Gasteiger partial charge in [0.15, 0.2) is 11.5 Å². The first kappa shape index (κ1) is 12.1. The van der Waals surface area contributed by atoms with Gasteiger partial charge in [-0.2, -0.15) is 10.2 Å².